The standard InChI is InChI=1S/C15H25N3O5S2/c1-4-7-10-16-25(22,23)14-11-12(17-18-15(19)5-2)8-9-13(14)24(20,21)6-3/h8-9,11,16-17H,4-7,10H2,1-3H3,(H,18,19). The molecule has 0 atom stereocenters. The molecule has 1 aromatic carbocycles. The lowest BCUT2D eigenvalue weighted by molar-refractivity contribution is -0.120. The summed E-state index contributed by atoms with van der Waals surface area (Å²) in [5.74, 6) is -0.500. The van der Waals surface area contributed by atoms with Crippen LogP contribution in [0.5, 0.6) is 0 Å². The molecule has 0 aliphatic carbocycles. The Balaban J connectivity index is 3.30. The number of carbonyl (C=O) groups is 1. The summed E-state index contributed by atoms with van der Waals surface area (Å²) >= 11 is 0. The molecular formula is C15H25N3O5S2. The van der Waals surface area contributed by atoms with Gasteiger partial charge in [-0.15, -0.1) is 0 Å². The molecule has 0 radical (unpaired) electrons. The van der Waals surface area contributed by atoms with Crippen LogP contribution in [0.15, 0.2) is 28.0 Å². The molecule has 0 heterocycles. The van der Waals surface area contributed by atoms with Crippen LogP contribution in [0.25, 0.3) is 0 Å². The molecule has 142 valence electrons. The smallest absolute Gasteiger partial charge is 0.241 e. The quantitative estimate of drug-likeness (QED) is 0.409. The molecule has 3 N–H and O–H groups in total. The third kappa shape index (κ3) is 5.98. The van der Waals surface area contributed by atoms with Crippen molar-refractivity contribution in [1.29, 1.82) is 0 Å². The van der Waals surface area contributed by atoms with E-state index in [2.05, 4.69) is 15.6 Å². The first-order valence-corrected chi connectivity index (χ1v) is 11.2. The fourth-order valence-corrected chi connectivity index (χ4v) is 4.75. The second kappa shape index (κ2) is 9.16. The van der Waals surface area contributed by atoms with Crippen molar-refractivity contribution in [2.24, 2.45) is 0 Å². The average Bonchev–Trinajstić information content (AvgIpc) is 2.59. The van der Waals surface area contributed by atoms with E-state index >= 15 is 0 Å². The minimum absolute atomic E-state index is 0.217. The van der Waals surface area contributed by atoms with Gasteiger partial charge >= 0.3 is 0 Å². The predicted molar refractivity (Wildman–Crippen MR) is 96.3 cm³/mol. The summed E-state index contributed by atoms with van der Waals surface area (Å²) in [6.07, 6.45) is 1.69. The van der Waals surface area contributed by atoms with E-state index in [4.69, 9.17) is 0 Å². The molecule has 25 heavy (non-hydrogen) atoms. The van der Waals surface area contributed by atoms with Crippen LogP contribution in [0.1, 0.15) is 40.0 Å². The van der Waals surface area contributed by atoms with Gasteiger partial charge in [0.1, 0.15) is 4.90 Å². The van der Waals surface area contributed by atoms with Crippen LogP contribution in [-0.2, 0) is 24.7 Å². The third-order valence-corrected chi connectivity index (χ3v) is 6.85. The van der Waals surface area contributed by atoms with Gasteiger partial charge in [-0.2, -0.15) is 0 Å². The van der Waals surface area contributed by atoms with Crippen molar-refractivity contribution in [3.05, 3.63) is 18.2 Å². The number of sulfonamides is 1. The predicted octanol–water partition coefficient (Wildman–Crippen LogP) is 1.41. The SMILES string of the molecule is CCCCNS(=O)(=O)c1cc(NNC(=O)CC)ccc1S(=O)(=O)CC. The van der Waals surface area contributed by atoms with Gasteiger partial charge in [0.25, 0.3) is 0 Å². The third-order valence-electron chi connectivity index (χ3n) is 3.44. The molecule has 1 rings (SSSR count). The number of amides is 1. The summed E-state index contributed by atoms with van der Waals surface area (Å²) in [7, 11) is -7.73. The number of unbranched alkanes of at least 4 members (excludes halogenated alkanes) is 1. The molecule has 0 aliphatic heterocycles. The van der Waals surface area contributed by atoms with E-state index in [1.807, 2.05) is 6.92 Å². The fraction of sp³-hybridized carbons (Fsp3) is 0.533. The average molecular weight is 392 g/mol. The molecular weight excluding hydrogens is 366 g/mol. The van der Waals surface area contributed by atoms with Crippen LogP contribution < -0.4 is 15.6 Å². The van der Waals surface area contributed by atoms with Gasteiger partial charge in [-0.1, -0.05) is 27.2 Å². The summed E-state index contributed by atoms with van der Waals surface area (Å²) in [5, 5.41) is 0. The van der Waals surface area contributed by atoms with Gasteiger partial charge < -0.3 is 0 Å². The van der Waals surface area contributed by atoms with Crippen molar-refractivity contribution in [1.82, 2.24) is 10.1 Å². The second-order valence-electron chi connectivity index (χ2n) is 5.34. The molecule has 8 nitrogen and oxygen atoms in total. The molecule has 1 aromatic rings. The van der Waals surface area contributed by atoms with Gasteiger partial charge in [0.05, 0.1) is 16.3 Å². The first-order chi connectivity index (χ1) is 11.7. The molecule has 0 aliphatic rings. The molecule has 0 bridgehead atoms. The van der Waals surface area contributed by atoms with E-state index in [0.29, 0.717) is 6.42 Å². The molecule has 1 amide bonds. The minimum atomic E-state index is -4.00. The molecule has 0 spiro atoms. The molecule has 0 unspecified atom stereocenters. The van der Waals surface area contributed by atoms with Crippen molar-refractivity contribution < 1.29 is 21.6 Å². The van der Waals surface area contributed by atoms with Gasteiger partial charge in [-0.25, -0.2) is 21.6 Å². The van der Waals surface area contributed by atoms with Crippen molar-refractivity contribution in [2.75, 3.05) is 17.7 Å². The lowest BCUT2D eigenvalue weighted by Gasteiger charge is -2.14. The summed E-state index contributed by atoms with van der Waals surface area (Å²) < 4.78 is 52.0. The normalized spacial score (nSPS) is 12.0. The molecule has 0 fully saturated rings. The van der Waals surface area contributed by atoms with E-state index in [1.165, 1.54) is 25.1 Å². The fourth-order valence-electron chi connectivity index (χ4n) is 1.90. The minimum Gasteiger partial charge on any atom is -0.299 e. The molecule has 0 saturated heterocycles. The number of hydrogen-bond acceptors (Lipinski definition) is 6. The Kier molecular flexibility index (Phi) is 7.84. The number of rotatable bonds is 10. The van der Waals surface area contributed by atoms with E-state index in [-0.39, 0.29) is 40.1 Å². The summed E-state index contributed by atoms with van der Waals surface area (Å²) in [4.78, 5) is 10.7. The Hall–Kier alpha value is -1.65. The highest BCUT2D eigenvalue weighted by Crippen LogP contribution is 2.25. The Morgan fingerprint density at radius 3 is 2.28 bits per heavy atom. The number of hydrogen-bond donors (Lipinski definition) is 3. The zero-order valence-electron chi connectivity index (χ0n) is 14.6. The Bertz CT molecular complexity index is 804. The summed E-state index contributed by atoms with van der Waals surface area (Å²) in [6, 6.07) is 3.84. The van der Waals surface area contributed by atoms with Crippen LogP contribution >= 0.6 is 0 Å². The largest absolute Gasteiger partial charge is 0.299 e. The van der Waals surface area contributed by atoms with E-state index in [9.17, 15) is 21.6 Å². The molecule has 0 saturated carbocycles. The van der Waals surface area contributed by atoms with Crippen LogP contribution in [0.2, 0.25) is 0 Å². The van der Waals surface area contributed by atoms with E-state index in [1.54, 1.807) is 6.92 Å². The van der Waals surface area contributed by atoms with Gasteiger partial charge in [0.2, 0.25) is 15.9 Å². The first-order valence-electron chi connectivity index (χ1n) is 8.09. The molecule has 10 heteroatoms. The molecule has 0 aromatic heterocycles. The first kappa shape index (κ1) is 21.4. The van der Waals surface area contributed by atoms with Crippen molar-refractivity contribution in [3.63, 3.8) is 0 Å². The highest BCUT2D eigenvalue weighted by atomic mass is 32.2. The number of benzene rings is 1. The van der Waals surface area contributed by atoms with Crippen LogP contribution in [0.3, 0.4) is 0 Å². The number of nitrogens with one attached hydrogen (secondary N) is 3. The van der Waals surface area contributed by atoms with E-state index in [0.717, 1.165) is 6.42 Å². The van der Waals surface area contributed by atoms with Crippen molar-refractivity contribution in [3.8, 4) is 0 Å². The van der Waals surface area contributed by atoms with Crippen LogP contribution in [0, 0.1) is 0 Å². The van der Waals surface area contributed by atoms with Gasteiger partial charge in [-0.05, 0) is 24.6 Å². The Morgan fingerprint density at radius 1 is 1.04 bits per heavy atom. The van der Waals surface area contributed by atoms with Gasteiger partial charge in [0.15, 0.2) is 9.84 Å². The topological polar surface area (TPSA) is 121 Å². The Labute approximate surface area is 149 Å². The number of hydrazine groups is 1. The van der Waals surface area contributed by atoms with Crippen molar-refractivity contribution in [2.45, 2.75) is 49.8 Å². The van der Waals surface area contributed by atoms with Crippen LogP contribution in [0.4, 0.5) is 5.69 Å². The summed E-state index contributed by atoms with van der Waals surface area (Å²) in [5.41, 5.74) is 5.25. The highest BCUT2D eigenvalue weighted by Gasteiger charge is 2.25. The van der Waals surface area contributed by atoms with E-state index < -0.39 is 19.9 Å². The van der Waals surface area contributed by atoms with Gasteiger partial charge in [0, 0.05) is 13.0 Å². The number of carbonyl (C=O) groups excluding carboxylic acids is 1. The van der Waals surface area contributed by atoms with Gasteiger partial charge in [-0.3, -0.25) is 15.6 Å². The number of sulfone groups is 1. The summed E-state index contributed by atoms with van der Waals surface area (Å²) in [6.45, 7) is 5.25. The zero-order chi connectivity index (χ0) is 19.1. The lowest BCUT2D eigenvalue weighted by Crippen LogP contribution is -2.29. The second-order valence-corrected chi connectivity index (χ2v) is 9.33. The zero-order valence-corrected chi connectivity index (χ0v) is 16.3. The van der Waals surface area contributed by atoms with Crippen LogP contribution in [-0.4, -0.2) is 35.0 Å². The maximum absolute atomic E-state index is 12.5. The maximum atomic E-state index is 12.5. The Morgan fingerprint density at radius 2 is 1.72 bits per heavy atom. The maximum Gasteiger partial charge on any atom is 0.241 e. The highest BCUT2D eigenvalue weighted by molar-refractivity contribution is 7.93. The number of anilines is 1. The monoisotopic (exact) mass is 391 g/mol. The van der Waals surface area contributed by atoms with Crippen molar-refractivity contribution >= 4 is 31.5 Å². The lowest BCUT2D eigenvalue weighted by atomic mass is 10.3.